The van der Waals surface area contributed by atoms with E-state index >= 15 is 0 Å². The van der Waals surface area contributed by atoms with Gasteiger partial charge in [0, 0.05) is 12.8 Å². The number of hydrogen-bond donors (Lipinski definition) is 0. The van der Waals surface area contributed by atoms with Gasteiger partial charge in [0.15, 0.2) is 0 Å². The molecule has 2 rings (SSSR count). The molecule has 86 valence electrons. The molecule has 2 unspecified atom stereocenters. The van der Waals surface area contributed by atoms with Crippen LogP contribution in [0.3, 0.4) is 0 Å². The molecular weight excluding hydrogens is 286 g/mol. The highest BCUT2D eigenvalue weighted by molar-refractivity contribution is 6.52. The maximum atomic E-state index is 5.95. The van der Waals surface area contributed by atoms with E-state index in [1.807, 2.05) is 13.8 Å². The van der Waals surface area contributed by atoms with Gasteiger partial charge in [0.2, 0.25) is 0 Å². The normalized spacial score (nSPS) is 41.1. The third-order valence-corrected chi connectivity index (χ3v) is 5.46. The SMILES string of the molecule is CC1(C#CC#CC2(C)CC2(Cl)Cl)CC1(Cl)Cl. The van der Waals surface area contributed by atoms with Gasteiger partial charge in [-0.15, -0.1) is 0 Å². The van der Waals surface area contributed by atoms with Crippen LogP contribution in [0.1, 0.15) is 26.7 Å². The van der Waals surface area contributed by atoms with Crippen molar-refractivity contribution in [1.82, 2.24) is 0 Å². The zero-order valence-corrected chi connectivity index (χ0v) is 11.9. The molecule has 0 nitrogen and oxygen atoms in total. The van der Waals surface area contributed by atoms with Crippen LogP contribution < -0.4 is 0 Å². The number of halogens is 4. The second kappa shape index (κ2) is 3.40. The molecule has 0 N–H and O–H groups in total. The van der Waals surface area contributed by atoms with Crippen LogP contribution in [0, 0.1) is 34.5 Å². The Morgan fingerprint density at radius 1 is 0.750 bits per heavy atom. The Bertz CT molecular complexity index is 413. The molecule has 2 aliphatic rings. The molecule has 0 aromatic rings. The summed E-state index contributed by atoms with van der Waals surface area (Å²) >= 11 is 23.8. The smallest absolute Gasteiger partial charge is 0.0999 e. The van der Waals surface area contributed by atoms with Crippen molar-refractivity contribution in [3.8, 4) is 23.7 Å². The Hall–Kier alpha value is 0.280. The predicted molar refractivity (Wildman–Crippen MR) is 69.9 cm³/mol. The first-order valence-electron chi connectivity index (χ1n) is 4.92. The Kier molecular flexibility index (Phi) is 2.70. The van der Waals surface area contributed by atoms with E-state index in [0.717, 1.165) is 0 Å². The second-order valence-corrected chi connectivity index (χ2v) is 7.89. The summed E-state index contributed by atoms with van der Waals surface area (Å²) in [4.78, 5) is 0. The second-order valence-electron chi connectivity index (χ2n) is 4.93. The summed E-state index contributed by atoms with van der Waals surface area (Å²) in [6, 6.07) is 0. The molecule has 4 heteroatoms. The monoisotopic (exact) mass is 294 g/mol. The van der Waals surface area contributed by atoms with Gasteiger partial charge >= 0.3 is 0 Å². The molecular formula is C12H10Cl4. The fraction of sp³-hybridized carbons (Fsp3) is 0.667. The molecule has 0 radical (unpaired) electrons. The van der Waals surface area contributed by atoms with Gasteiger partial charge in [-0.3, -0.25) is 0 Å². The lowest BCUT2D eigenvalue weighted by Crippen LogP contribution is -2.01. The molecule has 0 spiro atoms. The highest BCUT2D eigenvalue weighted by Gasteiger charge is 2.63. The molecule has 2 atom stereocenters. The summed E-state index contributed by atoms with van der Waals surface area (Å²) in [7, 11) is 0. The van der Waals surface area contributed by atoms with Crippen LogP contribution in [0.25, 0.3) is 0 Å². The minimum atomic E-state index is -0.714. The molecule has 0 aliphatic heterocycles. The van der Waals surface area contributed by atoms with Crippen molar-refractivity contribution in [2.24, 2.45) is 10.8 Å². The van der Waals surface area contributed by atoms with Gasteiger partial charge in [0.25, 0.3) is 0 Å². The zero-order chi connectivity index (χ0) is 12.2. The lowest BCUT2D eigenvalue weighted by atomic mass is 10.1. The topological polar surface area (TPSA) is 0 Å². The predicted octanol–water partition coefficient (Wildman–Crippen LogP) is 4.16. The quantitative estimate of drug-likeness (QED) is 0.465. The average Bonchev–Trinajstić information content (AvgIpc) is 2.79. The Labute approximate surface area is 116 Å². The van der Waals surface area contributed by atoms with Crippen LogP contribution in [0.2, 0.25) is 0 Å². The van der Waals surface area contributed by atoms with Gasteiger partial charge in [-0.2, -0.15) is 0 Å². The molecule has 2 aliphatic carbocycles. The fourth-order valence-corrected chi connectivity index (χ4v) is 2.67. The van der Waals surface area contributed by atoms with Gasteiger partial charge in [0.1, 0.15) is 8.67 Å². The Balaban J connectivity index is 2.01. The van der Waals surface area contributed by atoms with Crippen LogP contribution in [-0.2, 0) is 0 Å². The van der Waals surface area contributed by atoms with E-state index in [0.29, 0.717) is 12.8 Å². The standard InChI is InChI=1S/C12H10Cl4/c1-9(7-11(9,13)14)5-3-4-6-10(2)8-12(10,15)16/h7-8H2,1-2H3. The summed E-state index contributed by atoms with van der Waals surface area (Å²) in [5, 5.41) is 0. The van der Waals surface area contributed by atoms with Gasteiger partial charge in [-0.25, -0.2) is 0 Å². The van der Waals surface area contributed by atoms with E-state index in [4.69, 9.17) is 46.4 Å². The highest BCUT2D eigenvalue weighted by Crippen LogP contribution is 2.64. The van der Waals surface area contributed by atoms with Crippen molar-refractivity contribution in [3.63, 3.8) is 0 Å². The van der Waals surface area contributed by atoms with E-state index < -0.39 is 8.67 Å². The lowest BCUT2D eigenvalue weighted by molar-refractivity contribution is 0.765. The van der Waals surface area contributed by atoms with Gasteiger partial charge < -0.3 is 0 Å². The maximum Gasteiger partial charge on any atom is 0.136 e. The summed E-state index contributed by atoms with van der Waals surface area (Å²) in [5.74, 6) is 11.5. The summed E-state index contributed by atoms with van der Waals surface area (Å²) in [5.41, 5.74) is -0.650. The van der Waals surface area contributed by atoms with Crippen molar-refractivity contribution in [3.05, 3.63) is 0 Å². The molecule has 0 bridgehead atoms. The molecule has 0 aromatic carbocycles. The highest BCUT2D eigenvalue weighted by atomic mass is 35.5. The Morgan fingerprint density at radius 2 is 1.00 bits per heavy atom. The molecule has 0 amide bonds. The van der Waals surface area contributed by atoms with E-state index in [9.17, 15) is 0 Å². The van der Waals surface area contributed by atoms with Gasteiger partial charge in [-0.1, -0.05) is 58.2 Å². The largest absolute Gasteiger partial charge is 0.136 e. The van der Waals surface area contributed by atoms with Gasteiger partial charge in [0.05, 0.1) is 10.8 Å². The molecule has 0 saturated heterocycles. The van der Waals surface area contributed by atoms with Crippen molar-refractivity contribution in [2.75, 3.05) is 0 Å². The third-order valence-electron chi connectivity index (χ3n) is 3.25. The zero-order valence-electron chi connectivity index (χ0n) is 8.93. The third kappa shape index (κ3) is 2.02. The number of hydrogen-bond acceptors (Lipinski definition) is 0. The maximum absolute atomic E-state index is 5.95. The first kappa shape index (κ1) is 12.7. The molecule has 2 saturated carbocycles. The summed E-state index contributed by atoms with van der Waals surface area (Å²) in [6.07, 6.45) is 1.37. The summed E-state index contributed by atoms with van der Waals surface area (Å²) < 4.78 is -1.43. The van der Waals surface area contributed by atoms with Crippen LogP contribution in [-0.4, -0.2) is 8.67 Å². The van der Waals surface area contributed by atoms with Crippen LogP contribution in [0.5, 0.6) is 0 Å². The van der Waals surface area contributed by atoms with Crippen molar-refractivity contribution in [1.29, 1.82) is 0 Å². The van der Waals surface area contributed by atoms with Crippen LogP contribution in [0.15, 0.2) is 0 Å². The molecule has 0 aromatic heterocycles. The van der Waals surface area contributed by atoms with Gasteiger partial charge in [-0.05, 0) is 25.7 Å². The molecule has 2 fully saturated rings. The lowest BCUT2D eigenvalue weighted by Gasteiger charge is -2.00. The first-order chi connectivity index (χ1) is 7.12. The van der Waals surface area contributed by atoms with Crippen molar-refractivity contribution >= 4 is 46.4 Å². The number of rotatable bonds is 0. The minimum absolute atomic E-state index is 0.325. The van der Waals surface area contributed by atoms with E-state index in [1.54, 1.807) is 0 Å². The molecule has 0 heterocycles. The first-order valence-corrected chi connectivity index (χ1v) is 6.43. The van der Waals surface area contributed by atoms with Crippen molar-refractivity contribution in [2.45, 2.75) is 35.4 Å². The fourth-order valence-electron chi connectivity index (χ4n) is 1.41. The minimum Gasteiger partial charge on any atom is -0.0999 e. The Morgan fingerprint density at radius 3 is 1.19 bits per heavy atom. The van der Waals surface area contributed by atoms with E-state index in [1.165, 1.54) is 0 Å². The van der Waals surface area contributed by atoms with E-state index in [2.05, 4.69) is 23.7 Å². The van der Waals surface area contributed by atoms with Crippen LogP contribution in [0.4, 0.5) is 0 Å². The van der Waals surface area contributed by atoms with E-state index in [-0.39, 0.29) is 10.8 Å². The summed E-state index contributed by atoms with van der Waals surface area (Å²) in [6.45, 7) is 3.85. The molecule has 16 heavy (non-hydrogen) atoms. The van der Waals surface area contributed by atoms with Crippen molar-refractivity contribution < 1.29 is 0 Å². The average molecular weight is 296 g/mol. The number of alkyl halides is 4. The van der Waals surface area contributed by atoms with Crippen LogP contribution >= 0.6 is 46.4 Å².